The summed E-state index contributed by atoms with van der Waals surface area (Å²) in [5, 5.41) is 4.84. The van der Waals surface area contributed by atoms with Crippen LogP contribution in [0.25, 0.3) is 10.2 Å². The Hall–Kier alpha value is -2.11. The summed E-state index contributed by atoms with van der Waals surface area (Å²) in [5.41, 5.74) is 2.09. The van der Waals surface area contributed by atoms with Crippen molar-refractivity contribution < 1.29 is 4.79 Å². The SMILES string of the molecule is CN(Cc1nc2ccccc2s1)C(=O)NC(c1ccc(Cl)cc1)C1CC1. The van der Waals surface area contributed by atoms with Crippen molar-refractivity contribution in [3.05, 3.63) is 64.1 Å². The number of amides is 2. The number of nitrogens with zero attached hydrogens (tertiary/aromatic N) is 2. The second kappa shape index (κ2) is 7.25. The smallest absolute Gasteiger partial charge is 0.318 e. The molecule has 1 aliphatic carbocycles. The van der Waals surface area contributed by atoms with Gasteiger partial charge in [0.2, 0.25) is 0 Å². The van der Waals surface area contributed by atoms with Crippen molar-refractivity contribution in [1.29, 1.82) is 0 Å². The molecule has 0 radical (unpaired) electrons. The summed E-state index contributed by atoms with van der Waals surface area (Å²) in [6, 6.07) is 15.8. The van der Waals surface area contributed by atoms with E-state index in [4.69, 9.17) is 11.6 Å². The number of rotatable bonds is 5. The number of para-hydroxylation sites is 1. The first-order valence-electron chi connectivity index (χ1n) is 8.72. The number of benzene rings is 2. The summed E-state index contributed by atoms with van der Waals surface area (Å²) in [7, 11) is 1.81. The summed E-state index contributed by atoms with van der Waals surface area (Å²) in [5.74, 6) is 0.510. The van der Waals surface area contributed by atoms with Crippen LogP contribution in [0.5, 0.6) is 0 Å². The quantitative estimate of drug-likeness (QED) is 0.652. The molecular formula is C20H20ClN3OS. The fraction of sp³-hybridized carbons (Fsp3) is 0.300. The highest BCUT2D eigenvalue weighted by atomic mass is 35.5. The van der Waals surface area contributed by atoms with Crippen molar-refractivity contribution >= 4 is 39.2 Å². The molecule has 4 rings (SSSR count). The second-order valence-electron chi connectivity index (χ2n) is 6.75. The summed E-state index contributed by atoms with van der Waals surface area (Å²) in [4.78, 5) is 19.0. The fourth-order valence-electron chi connectivity index (χ4n) is 3.08. The summed E-state index contributed by atoms with van der Waals surface area (Å²) in [6.45, 7) is 0.503. The lowest BCUT2D eigenvalue weighted by Gasteiger charge is -2.23. The van der Waals surface area contributed by atoms with Crippen LogP contribution in [0.2, 0.25) is 5.02 Å². The Bertz CT molecular complexity index is 887. The van der Waals surface area contributed by atoms with Gasteiger partial charge in [0.15, 0.2) is 0 Å². The van der Waals surface area contributed by atoms with E-state index in [1.807, 2.05) is 49.5 Å². The predicted molar refractivity (Wildman–Crippen MR) is 107 cm³/mol. The van der Waals surface area contributed by atoms with E-state index in [-0.39, 0.29) is 12.1 Å². The minimum Gasteiger partial charge on any atom is -0.331 e. The van der Waals surface area contributed by atoms with Crippen molar-refractivity contribution in [3.8, 4) is 0 Å². The normalized spacial score (nSPS) is 15.0. The number of carbonyl (C=O) groups is 1. The Morgan fingerprint density at radius 3 is 2.69 bits per heavy atom. The Balaban J connectivity index is 1.44. The molecular weight excluding hydrogens is 366 g/mol. The highest BCUT2D eigenvalue weighted by Gasteiger charge is 2.34. The zero-order valence-electron chi connectivity index (χ0n) is 14.5. The molecule has 1 aliphatic rings. The molecule has 2 amide bonds. The van der Waals surface area contributed by atoms with Crippen molar-refractivity contribution in [3.63, 3.8) is 0 Å². The van der Waals surface area contributed by atoms with E-state index in [1.165, 1.54) is 0 Å². The maximum absolute atomic E-state index is 12.7. The van der Waals surface area contributed by atoms with Crippen molar-refractivity contribution in [2.24, 2.45) is 5.92 Å². The average Bonchev–Trinajstić information content (AvgIpc) is 3.39. The number of carbonyl (C=O) groups excluding carboxylic acids is 1. The van der Waals surface area contributed by atoms with E-state index >= 15 is 0 Å². The van der Waals surface area contributed by atoms with E-state index < -0.39 is 0 Å². The van der Waals surface area contributed by atoms with Gasteiger partial charge < -0.3 is 10.2 Å². The molecule has 1 heterocycles. The minimum absolute atomic E-state index is 0.0394. The molecule has 3 aromatic rings. The van der Waals surface area contributed by atoms with Crippen LogP contribution < -0.4 is 5.32 Å². The summed E-state index contributed by atoms with van der Waals surface area (Å²) < 4.78 is 1.15. The molecule has 1 fully saturated rings. The lowest BCUT2D eigenvalue weighted by Crippen LogP contribution is -2.39. The molecule has 1 aromatic heterocycles. The van der Waals surface area contributed by atoms with Gasteiger partial charge in [0.1, 0.15) is 5.01 Å². The fourth-order valence-corrected chi connectivity index (χ4v) is 4.23. The van der Waals surface area contributed by atoms with E-state index in [0.717, 1.165) is 33.6 Å². The third kappa shape index (κ3) is 3.84. The van der Waals surface area contributed by atoms with E-state index in [2.05, 4.69) is 16.4 Å². The maximum Gasteiger partial charge on any atom is 0.318 e. The Morgan fingerprint density at radius 2 is 2.00 bits per heavy atom. The Labute approximate surface area is 161 Å². The highest BCUT2D eigenvalue weighted by Crippen LogP contribution is 2.41. The molecule has 134 valence electrons. The number of thiazole rings is 1. The number of nitrogens with one attached hydrogen (secondary N) is 1. The van der Waals surface area contributed by atoms with Crippen LogP contribution in [0.1, 0.15) is 29.5 Å². The molecule has 1 unspecified atom stereocenters. The van der Waals surface area contributed by atoms with Crippen molar-refractivity contribution in [2.75, 3.05) is 7.05 Å². The number of aromatic nitrogens is 1. The molecule has 1 atom stereocenters. The molecule has 6 heteroatoms. The minimum atomic E-state index is -0.0730. The molecule has 0 bridgehead atoms. The average molecular weight is 386 g/mol. The van der Waals surface area contributed by atoms with Gasteiger partial charge in [-0.05, 0) is 48.6 Å². The zero-order chi connectivity index (χ0) is 18.1. The largest absolute Gasteiger partial charge is 0.331 e. The first-order valence-corrected chi connectivity index (χ1v) is 9.91. The predicted octanol–water partition coefficient (Wildman–Crippen LogP) is 5.24. The number of urea groups is 1. The Kier molecular flexibility index (Phi) is 4.83. The van der Waals surface area contributed by atoms with Crippen LogP contribution in [0.4, 0.5) is 4.79 Å². The third-order valence-electron chi connectivity index (χ3n) is 4.66. The lowest BCUT2D eigenvalue weighted by atomic mass is 10.0. The Morgan fingerprint density at radius 1 is 1.27 bits per heavy atom. The van der Waals surface area contributed by atoms with Crippen molar-refractivity contribution in [1.82, 2.24) is 15.2 Å². The number of hydrogen-bond donors (Lipinski definition) is 1. The van der Waals surface area contributed by atoms with Crippen LogP contribution in [0, 0.1) is 5.92 Å². The standard InChI is InChI=1S/C20H20ClN3OS/c1-24(12-18-22-16-4-2-3-5-17(16)26-18)20(25)23-19(13-6-7-13)14-8-10-15(21)11-9-14/h2-5,8-11,13,19H,6-7,12H2,1H3,(H,23,25). The molecule has 0 spiro atoms. The monoisotopic (exact) mass is 385 g/mol. The lowest BCUT2D eigenvalue weighted by molar-refractivity contribution is 0.201. The van der Waals surface area contributed by atoms with Gasteiger partial charge in [0, 0.05) is 12.1 Å². The molecule has 1 saturated carbocycles. The van der Waals surface area contributed by atoms with Gasteiger partial charge in [-0.2, -0.15) is 0 Å². The zero-order valence-corrected chi connectivity index (χ0v) is 16.1. The molecule has 0 saturated heterocycles. The first-order chi connectivity index (χ1) is 12.6. The molecule has 1 N–H and O–H groups in total. The second-order valence-corrected chi connectivity index (χ2v) is 8.30. The number of hydrogen-bond acceptors (Lipinski definition) is 3. The van der Waals surface area contributed by atoms with Gasteiger partial charge in [0.05, 0.1) is 22.8 Å². The molecule has 4 nitrogen and oxygen atoms in total. The van der Waals surface area contributed by atoms with Gasteiger partial charge in [-0.1, -0.05) is 35.9 Å². The molecule has 0 aliphatic heterocycles. The number of halogens is 1. The highest BCUT2D eigenvalue weighted by molar-refractivity contribution is 7.18. The third-order valence-corrected chi connectivity index (χ3v) is 5.93. The molecule has 2 aromatic carbocycles. The van der Waals surface area contributed by atoms with Crippen LogP contribution in [-0.4, -0.2) is 23.0 Å². The van der Waals surface area contributed by atoms with Gasteiger partial charge in [-0.15, -0.1) is 11.3 Å². The van der Waals surface area contributed by atoms with Gasteiger partial charge >= 0.3 is 6.03 Å². The first kappa shape index (κ1) is 17.3. The molecule has 26 heavy (non-hydrogen) atoms. The summed E-state index contributed by atoms with van der Waals surface area (Å²) >= 11 is 7.62. The number of fused-ring (bicyclic) bond motifs is 1. The maximum atomic E-state index is 12.7. The van der Waals surface area contributed by atoms with Gasteiger partial charge in [-0.25, -0.2) is 9.78 Å². The summed E-state index contributed by atoms with van der Waals surface area (Å²) in [6.07, 6.45) is 2.30. The van der Waals surface area contributed by atoms with Gasteiger partial charge in [-0.3, -0.25) is 0 Å². The van der Waals surface area contributed by atoms with Crippen LogP contribution in [-0.2, 0) is 6.54 Å². The van der Waals surface area contributed by atoms with Crippen molar-refractivity contribution in [2.45, 2.75) is 25.4 Å². The van der Waals surface area contributed by atoms with E-state index in [0.29, 0.717) is 17.5 Å². The van der Waals surface area contributed by atoms with Crippen LogP contribution >= 0.6 is 22.9 Å². The van der Waals surface area contributed by atoms with Crippen LogP contribution in [0.15, 0.2) is 48.5 Å². The van der Waals surface area contributed by atoms with E-state index in [9.17, 15) is 4.79 Å². The topological polar surface area (TPSA) is 45.2 Å². The van der Waals surface area contributed by atoms with Gasteiger partial charge in [0.25, 0.3) is 0 Å². The van der Waals surface area contributed by atoms with E-state index in [1.54, 1.807) is 16.2 Å². The van der Waals surface area contributed by atoms with Crippen LogP contribution in [0.3, 0.4) is 0 Å².